The summed E-state index contributed by atoms with van der Waals surface area (Å²) in [5.41, 5.74) is 0. The van der Waals surface area contributed by atoms with Crippen LogP contribution in [0.3, 0.4) is 0 Å². The molecule has 0 heterocycles. The molecule has 19 heavy (non-hydrogen) atoms. The summed E-state index contributed by atoms with van der Waals surface area (Å²) < 4.78 is 21.1. The van der Waals surface area contributed by atoms with Crippen molar-refractivity contribution in [2.24, 2.45) is 0 Å². The van der Waals surface area contributed by atoms with E-state index in [1.165, 1.54) is 6.08 Å². The van der Waals surface area contributed by atoms with E-state index in [2.05, 4.69) is 13.2 Å². The van der Waals surface area contributed by atoms with Crippen molar-refractivity contribution in [1.29, 1.82) is 0 Å². The Hall–Kier alpha value is -0.790. The first-order chi connectivity index (χ1) is 8.41. The van der Waals surface area contributed by atoms with E-state index in [1.807, 2.05) is 0 Å². The van der Waals surface area contributed by atoms with Crippen LogP contribution in [0.2, 0.25) is 0 Å². The molecule has 0 aromatic carbocycles. The van der Waals surface area contributed by atoms with E-state index in [9.17, 15) is 13.9 Å². The summed E-state index contributed by atoms with van der Waals surface area (Å²) >= 11 is 0. The Kier molecular flexibility index (Phi) is 9.90. The first-order valence-electron chi connectivity index (χ1n) is 4.69. The predicted octanol–water partition coefficient (Wildman–Crippen LogP) is 0.00180. The minimum Gasteiger partial charge on any atom is -0.478 e. The number of nitrogens with zero attached hydrogens (tertiary/aromatic N) is 1. The van der Waals surface area contributed by atoms with Gasteiger partial charge in [-0.15, -0.1) is 6.58 Å². The van der Waals surface area contributed by atoms with Crippen LogP contribution in [0, 0.1) is 0 Å². The molecule has 0 fully saturated rings. The number of rotatable bonds is 7. The molecule has 0 aliphatic rings. The van der Waals surface area contributed by atoms with Gasteiger partial charge >= 0.3 is 21.2 Å². The highest BCUT2D eigenvalue weighted by atomic mass is 31.2. The van der Waals surface area contributed by atoms with Crippen LogP contribution in [-0.4, -0.2) is 54.7 Å². The Morgan fingerprint density at radius 2 is 1.37 bits per heavy atom. The summed E-state index contributed by atoms with van der Waals surface area (Å²) in [4.78, 5) is 44.6. The van der Waals surface area contributed by atoms with E-state index in [-0.39, 0.29) is 6.54 Å². The fourth-order valence-electron chi connectivity index (χ4n) is 0.864. The van der Waals surface area contributed by atoms with Gasteiger partial charge in [-0.2, -0.15) is 0 Å². The first kappa shape index (κ1) is 20.5. The number of carbonyl (C=O) groups is 1. The SMILES string of the molecule is C=CC(=O)O.C=CCN(CP(=O)(O)O)CP(=O)(O)O. The van der Waals surface area contributed by atoms with Crippen LogP contribution in [0.25, 0.3) is 0 Å². The van der Waals surface area contributed by atoms with Gasteiger partial charge in [0.2, 0.25) is 0 Å². The average Bonchev–Trinajstić information content (AvgIpc) is 2.13. The molecule has 0 saturated heterocycles. The third kappa shape index (κ3) is 19.7. The Bertz CT molecular complexity index is 374. The first-order valence-corrected chi connectivity index (χ1v) is 8.28. The zero-order chi connectivity index (χ0) is 15.7. The van der Waals surface area contributed by atoms with Crippen molar-refractivity contribution in [3.63, 3.8) is 0 Å². The van der Waals surface area contributed by atoms with Crippen LogP contribution in [0.5, 0.6) is 0 Å². The lowest BCUT2D eigenvalue weighted by Gasteiger charge is -2.20. The van der Waals surface area contributed by atoms with E-state index in [1.54, 1.807) is 0 Å². The molecule has 0 unspecified atom stereocenters. The molecule has 0 rings (SSSR count). The second kappa shape index (κ2) is 9.17. The van der Waals surface area contributed by atoms with E-state index >= 15 is 0 Å². The highest BCUT2D eigenvalue weighted by molar-refractivity contribution is 7.52. The second-order valence-corrected chi connectivity index (χ2v) is 6.52. The predicted molar refractivity (Wildman–Crippen MR) is 68.6 cm³/mol. The second-order valence-electron chi connectivity index (χ2n) is 3.30. The molecule has 0 bridgehead atoms. The Labute approximate surface area is 110 Å². The Balaban J connectivity index is 0. The number of carboxylic acids is 1. The maximum Gasteiger partial charge on any atom is 0.339 e. The fourth-order valence-corrected chi connectivity index (χ4v) is 2.49. The van der Waals surface area contributed by atoms with Crippen LogP contribution in [0.4, 0.5) is 0 Å². The van der Waals surface area contributed by atoms with Gasteiger partial charge in [-0.3, -0.25) is 14.0 Å². The third-order valence-corrected chi connectivity index (χ3v) is 2.87. The van der Waals surface area contributed by atoms with Crippen molar-refractivity contribution in [2.75, 3.05) is 19.1 Å². The van der Waals surface area contributed by atoms with Crippen molar-refractivity contribution in [3.05, 3.63) is 25.3 Å². The number of hydrogen-bond acceptors (Lipinski definition) is 4. The molecule has 0 aromatic heterocycles. The van der Waals surface area contributed by atoms with Gasteiger partial charge in [0.05, 0.1) is 0 Å². The molecular weight excluding hydrogens is 300 g/mol. The van der Waals surface area contributed by atoms with Gasteiger partial charge in [-0.05, 0) is 0 Å². The Morgan fingerprint density at radius 1 is 1.05 bits per heavy atom. The van der Waals surface area contributed by atoms with Crippen molar-refractivity contribution in [3.8, 4) is 0 Å². The maximum absolute atomic E-state index is 10.6. The minimum absolute atomic E-state index is 0.0101. The lowest BCUT2D eigenvalue weighted by atomic mass is 10.6. The summed E-state index contributed by atoms with van der Waals surface area (Å²) in [6, 6.07) is 0. The quantitative estimate of drug-likeness (QED) is 0.248. The van der Waals surface area contributed by atoms with Crippen molar-refractivity contribution >= 4 is 21.2 Å². The van der Waals surface area contributed by atoms with Crippen LogP contribution in [0.1, 0.15) is 0 Å². The smallest absolute Gasteiger partial charge is 0.339 e. The van der Waals surface area contributed by atoms with Gasteiger partial charge in [0, 0.05) is 12.6 Å². The zero-order valence-electron chi connectivity index (χ0n) is 9.99. The molecule has 112 valence electrons. The van der Waals surface area contributed by atoms with Crippen molar-refractivity contribution in [2.45, 2.75) is 0 Å². The van der Waals surface area contributed by atoms with Gasteiger partial charge in [0.25, 0.3) is 0 Å². The summed E-state index contributed by atoms with van der Waals surface area (Å²) in [7, 11) is -8.61. The van der Waals surface area contributed by atoms with E-state index in [0.29, 0.717) is 0 Å². The molecule has 0 aromatic rings. The lowest BCUT2D eigenvalue weighted by molar-refractivity contribution is -0.131. The monoisotopic (exact) mass is 317 g/mol. The van der Waals surface area contributed by atoms with Gasteiger partial charge in [0.1, 0.15) is 12.6 Å². The van der Waals surface area contributed by atoms with Gasteiger partial charge < -0.3 is 24.7 Å². The summed E-state index contributed by atoms with van der Waals surface area (Å²) in [5, 5.41) is 7.60. The molecular formula is C8H17NO8P2. The average molecular weight is 317 g/mol. The molecule has 0 saturated carbocycles. The number of hydrogen-bond donors (Lipinski definition) is 5. The molecule has 9 nitrogen and oxygen atoms in total. The molecule has 0 aliphatic carbocycles. The van der Waals surface area contributed by atoms with E-state index in [4.69, 9.17) is 24.7 Å². The fraction of sp³-hybridized carbons (Fsp3) is 0.375. The standard InChI is InChI=1S/C5H13NO6P2.C3H4O2/c1-2-3-6(4-13(7,8)9)5-14(10,11)12;1-2-3(4)5/h2H,1,3-5H2,(H2,7,8,9)(H2,10,11,12);2H,1H2,(H,4,5). The lowest BCUT2D eigenvalue weighted by Crippen LogP contribution is -2.26. The molecule has 0 spiro atoms. The largest absolute Gasteiger partial charge is 0.478 e. The van der Waals surface area contributed by atoms with Crippen LogP contribution in [-0.2, 0) is 13.9 Å². The zero-order valence-corrected chi connectivity index (χ0v) is 11.8. The van der Waals surface area contributed by atoms with E-state index < -0.39 is 33.7 Å². The van der Waals surface area contributed by atoms with Crippen molar-refractivity contribution < 1.29 is 38.6 Å². The van der Waals surface area contributed by atoms with Gasteiger partial charge in [-0.25, -0.2) is 4.79 Å². The molecule has 0 aliphatic heterocycles. The number of aliphatic carboxylic acids is 1. The third-order valence-electron chi connectivity index (χ3n) is 1.33. The topological polar surface area (TPSA) is 156 Å². The minimum atomic E-state index is -4.30. The van der Waals surface area contributed by atoms with Crippen LogP contribution in [0.15, 0.2) is 25.3 Å². The molecule has 0 amide bonds. The molecule has 0 atom stereocenters. The number of carboxylic acid groups (broad SMARTS) is 1. The van der Waals surface area contributed by atoms with Crippen molar-refractivity contribution in [1.82, 2.24) is 4.90 Å². The summed E-state index contributed by atoms with van der Waals surface area (Å²) in [6.45, 7) is 6.28. The molecule has 0 radical (unpaired) electrons. The normalized spacial score (nSPS) is 11.4. The van der Waals surface area contributed by atoms with Gasteiger partial charge in [-0.1, -0.05) is 12.7 Å². The Morgan fingerprint density at radius 3 is 1.53 bits per heavy atom. The summed E-state index contributed by atoms with van der Waals surface area (Å²) in [5.74, 6) is -0.981. The maximum atomic E-state index is 10.6. The molecule has 11 heteroatoms. The van der Waals surface area contributed by atoms with Crippen LogP contribution < -0.4 is 0 Å². The summed E-state index contributed by atoms with van der Waals surface area (Å²) in [6.07, 6.45) is 0.763. The highest BCUT2D eigenvalue weighted by Crippen LogP contribution is 2.40. The highest BCUT2D eigenvalue weighted by Gasteiger charge is 2.24. The van der Waals surface area contributed by atoms with Gasteiger partial charge in [0.15, 0.2) is 0 Å². The van der Waals surface area contributed by atoms with Crippen LogP contribution >= 0.6 is 15.2 Å². The molecule has 5 N–H and O–H groups in total. The van der Waals surface area contributed by atoms with E-state index in [0.717, 1.165) is 11.0 Å².